The highest BCUT2D eigenvalue weighted by Gasteiger charge is 2.83. The Bertz CT molecular complexity index is 1800. The Morgan fingerprint density at radius 2 is 1.37 bits per heavy atom. The van der Waals surface area contributed by atoms with E-state index < -0.39 is 105 Å². The molecule has 18 heteroatoms. The number of esters is 1. The Labute approximate surface area is 380 Å². The SMILES string of the molecule is CC1=CC[C@@H]([C@@H](C)[C@H]2[C@H](O)C[C@@]3(C)[C@H]4CC[C@@H]5C(C)(C)[C@@H](O[C@@H]6OC[C@H](O)[C@@H](O)[C@H]6O[C@@H]6O[C@H](CO[C@@H]7O[C@H](CO)[C@@H](O)[C@H](O)[C@H]7O)[C@@H](O)[C@H](O)[C@H]6O)CC[C@@]56C[C@@]46CC[C@]23C)OC1=O. The van der Waals surface area contributed by atoms with Crippen molar-refractivity contribution in [2.45, 2.75) is 204 Å². The van der Waals surface area contributed by atoms with E-state index >= 15 is 0 Å². The summed E-state index contributed by atoms with van der Waals surface area (Å²) in [7, 11) is 0. The zero-order valence-corrected chi connectivity index (χ0v) is 38.4. The van der Waals surface area contributed by atoms with Gasteiger partial charge >= 0.3 is 5.97 Å². The number of fused-ring (bicyclic) bond motifs is 2. The van der Waals surface area contributed by atoms with E-state index in [9.17, 15) is 55.9 Å². The van der Waals surface area contributed by atoms with Crippen LogP contribution in [-0.4, -0.2) is 181 Å². The van der Waals surface area contributed by atoms with E-state index in [4.69, 9.17) is 33.2 Å². The Kier molecular flexibility index (Phi) is 12.8. The molecule has 5 saturated carbocycles. The number of aliphatic hydroxyl groups is 10. The Morgan fingerprint density at radius 1 is 0.723 bits per heavy atom. The summed E-state index contributed by atoms with van der Waals surface area (Å²) in [6.45, 7) is 11.7. The molecule has 370 valence electrons. The van der Waals surface area contributed by atoms with Crippen molar-refractivity contribution in [2.24, 2.45) is 50.7 Å². The van der Waals surface area contributed by atoms with E-state index in [2.05, 4.69) is 34.6 Å². The van der Waals surface area contributed by atoms with Crippen LogP contribution in [0.3, 0.4) is 0 Å². The minimum absolute atomic E-state index is 0.00572. The molecule has 10 N–H and O–H groups in total. The molecule has 5 aliphatic carbocycles. The van der Waals surface area contributed by atoms with E-state index in [1.165, 1.54) is 0 Å². The average Bonchev–Trinajstić information content (AvgIpc) is 3.88. The van der Waals surface area contributed by atoms with Crippen molar-refractivity contribution in [3.63, 3.8) is 0 Å². The predicted octanol–water partition coefficient (Wildman–Crippen LogP) is -0.233. The molecule has 9 aliphatic rings. The van der Waals surface area contributed by atoms with Gasteiger partial charge in [0, 0.05) is 12.0 Å². The van der Waals surface area contributed by atoms with Crippen LogP contribution in [0, 0.1) is 50.7 Å². The fraction of sp³-hybridized carbons (Fsp3) is 0.936. The Morgan fingerprint density at radius 3 is 2.06 bits per heavy atom. The summed E-state index contributed by atoms with van der Waals surface area (Å²) >= 11 is 0. The van der Waals surface area contributed by atoms with Gasteiger partial charge in [-0.05, 0) is 109 Å². The summed E-state index contributed by atoms with van der Waals surface area (Å²) in [5.74, 6) is 0.481. The van der Waals surface area contributed by atoms with Gasteiger partial charge in [0.2, 0.25) is 0 Å². The molecule has 4 heterocycles. The number of aliphatic hydroxyl groups excluding tert-OH is 10. The molecule has 8 fully saturated rings. The van der Waals surface area contributed by atoms with Gasteiger partial charge in [0.25, 0.3) is 0 Å². The van der Waals surface area contributed by atoms with Crippen LogP contribution in [0.4, 0.5) is 0 Å². The van der Waals surface area contributed by atoms with Crippen molar-refractivity contribution in [1.29, 1.82) is 0 Å². The molecule has 0 bridgehead atoms. The Balaban J connectivity index is 0.879. The molecule has 3 saturated heterocycles. The first-order valence-corrected chi connectivity index (χ1v) is 24.0. The van der Waals surface area contributed by atoms with Crippen molar-refractivity contribution in [2.75, 3.05) is 19.8 Å². The van der Waals surface area contributed by atoms with Crippen LogP contribution in [0.2, 0.25) is 0 Å². The topological polar surface area (TPSA) is 284 Å². The van der Waals surface area contributed by atoms with Gasteiger partial charge in [-0.3, -0.25) is 0 Å². The van der Waals surface area contributed by atoms with E-state index in [-0.39, 0.29) is 63.7 Å². The molecule has 0 radical (unpaired) electrons. The highest BCUT2D eigenvalue weighted by molar-refractivity contribution is 5.88. The van der Waals surface area contributed by atoms with Gasteiger partial charge in [0.05, 0.1) is 32.0 Å². The van der Waals surface area contributed by atoms with Crippen LogP contribution < -0.4 is 0 Å². The summed E-state index contributed by atoms with van der Waals surface area (Å²) in [6, 6.07) is 0. The molecule has 65 heavy (non-hydrogen) atoms. The van der Waals surface area contributed by atoms with Crippen LogP contribution in [0.5, 0.6) is 0 Å². The lowest BCUT2D eigenvalue weighted by Crippen LogP contribution is -2.64. The molecule has 0 aromatic heterocycles. The van der Waals surface area contributed by atoms with E-state index in [1.807, 2.05) is 6.08 Å². The molecule has 2 spiro atoms. The van der Waals surface area contributed by atoms with Crippen LogP contribution in [0.1, 0.15) is 99.3 Å². The smallest absolute Gasteiger partial charge is 0.333 e. The number of carbonyl (C=O) groups excluding carboxylic acids is 1. The first-order chi connectivity index (χ1) is 30.6. The lowest BCUT2D eigenvalue weighted by Gasteiger charge is -2.63. The molecular formula is C47H74O18. The van der Waals surface area contributed by atoms with Gasteiger partial charge in [0.1, 0.15) is 73.2 Å². The van der Waals surface area contributed by atoms with Gasteiger partial charge in [-0.15, -0.1) is 0 Å². The summed E-state index contributed by atoms with van der Waals surface area (Å²) < 4.78 is 41.7. The van der Waals surface area contributed by atoms with Gasteiger partial charge in [-0.1, -0.05) is 40.7 Å². The van der Waals surface area contributed by atoms with E-state index in [1.54, 1.807) is 6.92 Å². The van der Waals surface area contributed by atoms with Gasteiger partial charge < -0.3 is 84.2 Å². The van der Waals surface area contributed by atoms with Gasteiger partial charge in [0.15, 0.2) is 18.9 Å². The summed E-state index contributed by atoms with van der Waals surface area (Å²) in [5, 5.41) is 107. The second-order valence-corrected chi connectivity index (χ2v) is 22.6. The quantitative estimate of drug-likeness (QED) is 0.100. The maximum absolute atomic E-state index is 12.6. The third-order valence-corrected chi connectivity index (χ3v) is 19.5. The number of hydrogen-bond acceptors (Lipinski definition) is 18. The second kappa shape index (κ2) is 17.2. The van der Waals surface area contributed by atoms with Gasteiger partial charge in [-0.25, -0.2) is 4.79 Å². The number of cyclic esters (lactones) is 1. The number of rotatable bonds is 10. The van der Waals surface area contributed by atoms with Crippen LogP contribution >= 0.6 is 0 Å². The van der Waals surface area contributed by atoms with Gasteiger partial charge in [-0.2, -0.15) is 0 Å². The third-order valence-electron chi connectivity index (χ3n) is 19.5. The van der Waals surface area contributed by atoms with Crippen LogP contribution in [0.25, 0.3) is 0 Å². The highest BCUT2D eigenvalue weighted by atomic mass is 16.8. The normalized spacial score (nSPS) is 55.4. The monoisotopic (exact) mass is 926 g/mol. The fourth-order valence-corrected chi connectivity index (χ4v) is 15.7. The molecule has 18 nitrogen and oxygen atoms in total. The number of hydrogen-bond donors (Lipinski definition) is 10. The van der Waals surface area contributed by atoms with E-state index in [0.717, 1.165) is 44.9 Å². The van der Waals surface area contributed by atoms with Crippen molar-refractivity contribution in [1.82, 2.24) is 0 Å². The largest absolute Gasteiger partial charge is 0.458 e. The first-order valence-electron chi connectivity index (χ1n) is 24.0. The second-order valence-electron chi connectivity index (χ2n) is 22.6. The van der Waals surface area contributed by atoms with Crippen LogP contribution in [-0.2, 0) is 38.0 Å². The first kappa shape index (κ1) is 48.6. The van der Waals surface area contributed by atoms with Crippen molar-refractivity contribution < 1.29 is 89.0 Å². The van der Waals surface area contributed by atoms with E-state index in [0.29, 0.717) is 30.3 Å². The summed E-state index contributed by atoms with van der Waals surface area (Å²) in [4.78, 5) is 12.6. The maximum Gasteiger partial charge on any atom is 0.333 e. The maximum atomic E-state index is 12.6. The molecule has 4 aliphatic heterocycles. The molecule has 0 aromatic carbocycles. The molecule has 25 atom stereocenters. The highest BCUT2D eigenvalue weighted by Crippen LogP contribution is 2.89. The standard InChI is InChI=1S/C47H74O18/c1-20-7-8-24(61-39(20)58)21(2)30-22(49)15-45(6)28-10-9-27-43(3,4)29(11-12-46(27)19-47(28,46)14-13-44(30,45)5)64-42-38(31(51)23(50)17-59-42)65-41-37(57)35(55)33(53)26(63-41)18-60-40-36(56)34(54)32(52)25(16-48)62-40/h7,21-38,40-42,48-57H,8-19H2,1-6H3/t21-,22-,23+,24+,25-,26-,27-,28-,29+,30+,31-,32-,33-,34+,35+,36-,37-,38-,40-,41+,42+,44-,45+,46-,47+/m1/s1. The lowest BCUT2D eigenvalue weighted by molar-refractivity contribution is -0.371. The zero-order chi connectivity index (χ0) is 46.9. The molecular weight excluding hydrogens is 852 g/mol. The van der Waals surface area contributed by atoms with Crippen molar-refractivity contribution in [3.05, 3.63) is 11.6 Å². The molecule has 9 rings (SSSR count). The summed E-state index contributed by atoms with van der Waals surface area (Å²) in [5.41, 5.74) is 0.285. The lowest BCUT2D eigenvalue weighted by atomic mass is 9.41. The predicted molar refractivity (Wildman–Crippen MR) is 224 cm³/mol. The minimum Gasteiger partial charge on any atom is -0.458 e. The fourth-order valence-electron chi connectivity index (χ4n) is 15.7. The summed E-state index contributed by atoms with van der Waals surface area (Å²) in [6.07, 6.45) is -12.9. The Hall–Kier alpha value is -1.43. The van der Waals surface area contributed by atoms with Crippen LogP contribution in [0.15, 0.2) is 11.6 Å². The molecule has 0 unspecified atom stereocenters. The number of carbonyl (C=O) groups is 1. The third kappa shape index (κ3) is 7.36. The van der Waals surface area contributed by atoms with Crippen molar-refractivity contribution in [3.8, 4) is 0 Å². The van der Waals surface area contributed by atoms with Crippen molar-refractivity contribution >= 4 is 5.97 Å². The average molecular weight is 927 g/mol. The minimum atomic E-state index is -1.84. The zero-order valence-electron chi connectivity index (χ0n) is 38.4. The molecule has 0 aromatic rings. The molecule has 0 amide bonds. The number of ether oxygens (including phenoxy) is 7.